The van der Waals surface area contributed by atoms with Crippen molar-refractivity contribution in [1.29, 1.82) is 0 Å². The van der Waals surface area contributed by atoms with E-state index in [2.05, 4.69) is 54.9 Å². The van der Waals surface area contributed by atoms with Gasteiger partial charge in [0.05, 0.1) is 6.61 Å². The van der Waals surface area contributed by atoms with Crippen molar-refractivity contribution in [2.45, 2.75) is 47.0 Å². The molecule has 0 N–H and O–H groups in total. The maximum atomic E-state index is 13.1. The number of hydrogen-bond acceptors (Lipinski definition) is 5. The SMILES string of the molecule is CCCCOc1ccc(C(=O)N2CCN(c3nc(C)nc(C)c3Cc3ccc(C)cc3)CC2)cc1. The number of amides is 1. The predicted molar refractivity (Wildman–Crippen MR) is 140 cm³/mol. The number of piperazine rings is 1. The maximum Gasteiger partial charge on any atom is 0.253 e. The van der Waals surface area contributed by atoms with Crippen LogP contribution in [0.5, 0.6) is 5.75 Å². The molecule has 1 amide bonds. The summed E-state index contributed by atoms with van der Waals surface area (Å²) in [4.78, 5) is 26.8. The molecule has 3 aromatic rings. The van der Waals surface area contributed by atoms with Crippen LogP contribution in [0.3, 0.4) is 0 Å². The fraction of sp³-hybridized carbons (Fsp3) is 0.414. The van der Waals surface area contributed by atoms with Crippen LogP contribution in [0.25, 0.3) is 0 Å². The van der Waals surface area contributed by atoms with Crippen molar-refractivity contribution < 1.29 is 9.53 Å². The lowest BCUT2D eigenvalue weighted by molar-refractivity contribution is 0.0746. The van der Waals surface area contributed by atoms with Crippen LogP contribution < -0.4 is 9.64 Å². The number of unbranched alkanes of at least 4 members (excludes halogenated alkanes) is 1. The summed E-state index contributed by atoms with van der Waals surface area (Å²) in [6.45, 7) is 11.8. The van der Waals surface area contributed by atoms with E-state index in [-0.39, 0.29) is 5.91 Å². The summed E-state index contributed by atoms with van der Waals surface area (Å²) in [6, 6.07) is 16.2. The molecule has 0 atom stereocenters. The van der Waals surface area contributed by atoms with Crippen molar-refractivity contribution >= 4 is 11.7 Å². The molecule has 1 saturated heterocycles. The average molecular weight is 473 g/mol. The highest BCUT2D eigenvalue weighted by Crippen LogP contribution is 2.26. The van der Waals surface area contributed by atoms with Crippen molar-refractivity contribution in [1.82, 2.24) is 14.9 Å². The highest BCUT2D eigenvalue weighted by Gasteiger charge is 2.25. The molecule has 1 fully saturated rings. The highest BCUT2D eigenvalue weighted by atomic mass is 16.5. The molecule has 2 aromatic carbocycles. The lowest BCUT2D eigenvalue weighted by Crippen LogP contribution is -2.49. The molecule has 1 aromatic heterocycles. The Hall–Kier alpha value is -3.41. The second-order valence-electron chi connectivity index (χ2n) is 9.33. The summed E-state index contributed by atoms with van der Waals surface area (Å²) in [5.41, 5.74) is 5.40. The van der Waals surface area contributed by atoms with Crippen LogP contribution in [0.1, 0.15) is 58.3 Å². The van der Waals surface area contributed by atoms with Gasteiger partial charge in [0.25, 0.3) is 5.91 Å². The van der Waals surface area contributed by atoms with E-state index in [1.54, 1.807) is 0 Å². The number of carbonyl (C=O) groups is 1. The van der Waals surface area contributed by atoms with Gasteiger partial charge in [-0.05, 0) is 57.0 Å². The van der Waals surface area contributed by atoms with Gasteiger partial charge in [-0.1, -0.05) is 43.2 Å². The van der Waals surface area contributed by atoms with E-state index >= 15 is 0 Å². The van der Waals surface area contributed by atoms with Crippen molar-refractivity contribution in [2.24, 2.45) is 0 Å². The zero-order valence-electron chi connectivity index (χ0n) is 21.4. The highest BCUT2D eigenvalue weighted by molar-refractivity contribution is 5.94. The summed E-state index contributed by atoms with van der Waals surface area (Å²) in [7, 11) is 0. The van der Waals surface area contributed by atoms with Gasteiger partial charge in [-0.25, -0.2) is 9.97 Å². The Kier molecular flexibility index (Phi) is 8.01. The van der Waals surface area contributed by atoms with Crippen LogP contribution in [0.2, 0.25) is 0 Å². The lowest BCUT2D eigenvalue weighted by Gasteiger charge is -2.36. The Balaban J connectivity index is 1.42. The molecule has 1 aliphatic rings. The molecule has 6 nitrogen and oxygen atoms in total. The van der Waals surface area contributed by atoms with Gasteiger partial charge in [0.1, 0.15) is 17.4 Å². The number of hydrogen-bond donors (Lipinski definition) is 0. The number of aromatic nitrogens is 2. The van der Waals surface area contributed by atoms with E-state index in [0.717, 1.165) is 61.0 Å². The Morgan fingerprint density at radius 2 is 1.60 bits per heavy atom. The molecule has 35 heavy (non-hydrogen) atoms. The molecule has 4 rings (SSSR count). The number of carbonyl (C=O) groups excluding carboxylic acids is 1. The fourth-order valence-corrected chi connectivity index (χ4v) is 4.43. The minimum atomic E-state index is 0.0692. The van der Waals surface area contributed by atoms with Crippen LogP contribution in [0, 0.1) is 20.8 Å². The van der Waals surface area contributed by atoms with Gasteiger partial charge in [0, 0.05) is 49.4 Å². The number of ether oxygens (including phenoxy) is 1. The predicted octanol–water partition coefficient (Wildman–Crippen LogP) is 5.13. The number of benzene rings is 2. The van der Waals surface area contributed by atoms with Gasteiger partial charge in [-0.3, -0.25) is 4.79 Å². The Morgan fingerprint density at radius 3 is 2.26 bits per heavy atom. The van der Waals surface area contributed by atoms with Gasteiger partial charge in [0.2, 0.25) is 0 Å². The van der Waals surface area contributed by atoms with Gasteiger partial charge in [0.15, 0.2) is 0 Å². The van der Waals surface area contributed by atoms with Gasteiger partial charge < -0.3 is 14.5 Å². The molecular formula is C29H36N4O2. The minimum absolute atomic E-state index is 0.0692. The number of rotatable bonds is 8. The van der Waals surface area contributed by atoms with Crippen LogP contribution in [-0.4, -0.2) is 53.6 Å². The first kappa shape index (κ1) is 24.7. The minimum Gasteiger partial charge on any atom is -0.494 e. The first-order valence-corrected chi connectivity index (χ1v) is 12.6. The molecule has 1 aliphatic heterocycles. The van der Waals surface area contributed by atoms with Crippen molar-refractivity contribution in [3.63, 3.8) is 0 Å². The largest absolute Gasteiger partial charge is 0.494 e. The first-order valence-electron chi connectivity index (χ1n) is 12.6. The Morgan fingerprint density at radius 1 is 0.914 bits per heavy atom. The fourth-order valence-electron chi connectivity index (χ4n) is 4.43. The topological polar surface area (TPSA) is 58.6 Å². The Labute approximate surface area is 209 Å². The zero-order chi connectivity index (χ0) is 24.8. The molecule has 0 radical (unpaired) electrons. The van der Waals surface area contributed by atoms with Gasteiger partial charge in [-0.15, -0.1) is 0 Å². The first-order chi connectivity index (χ1) is 16.9. The maximum absolute atomic E-state index is 13.1. The molecule has 0 aliphatic carbocycles. The van der Waals surface area contributed by atoms with E-state index in [9.17, 15) is 4.79 Å². The summed E-state index contributed by atoms with van der Waals surface area (Å²) >= 11 is 0. The third-order valence-corrected chi connectivity index (χ3v) is 6.54. The van der Waals surface area contributed by atoms with E-state index in [4.69, 9.17) is 9.72 Å². The van der Waals surface area contributed by atoms with E-state index in [1.165, 1.54) is 11.1 Å². The molecule has 184 valence electrons. The number of nitrogens with zero attached hydrogens (tertiary/aromatic N) is 4. The molecule has 0 bridgehead atoms. The van der Waals surface area contributed by atoms with Crippen molar-refractivity contribution in [2.75, 3.05) is 37.7 Å². The van der Waals surface area contributed by atoms with Crippen LogP contribution in [0.4, 0.5) is 5.82 Å². The van der Waals surface area contributed by atoms with E-state index in [1.807, 2.05) is 36.1 Å². The van der Waals surface area contributed by atoms with E-state index < -0.39 is 0 Å². The van der Waals surface area contributed by atoms with Gasteiger partial charge in [-0.2, -0.15) is 0 Å². The second-order valence-corrected chi connectivity index (χ2v) is 9.33. The Bertz CT molecular complexity index is 1130. The van der Waals surface area contributed by atoms with Gasteiger partial charge >= 0.3 is 0 Å². The summed E-state index contributed by atoms with van der Waals surface area (Å²) in [5, 5.41) is 0. The molecule has 2 heterocycles. The third kappa shape index (κ3) is 6.18. The van der Waals surface area contributed by atoms with Crippen molar-refractivity contribution in [3.05, 3.63) is 82.3 Å². The smallest absolute Gasteiger partial charge is 0.253 e. The standard InChI is InChI=1S/C29H36N4O2/c1-5-6-19-35-26-13-11-25(12-14-26)29(34)33-17-15-32(16-18-33)28-27(22(3)30-23(4)31-28)20-24-9-7-21(2)8-10-24/h7-14H,5-6,15-20H2,1-4H3. The second kappa shape index (κ2) is 11.3. The molecule has 0 saturated carbocycles. The summed E-state index contributed by atoms with van der Waals surface area (Å²) < 4.78 is 5.72. The zero-order valence-corrected chi connectivity index (χ0v) is 21.4. The molecular weight excluding hydrogens is 436 g/mol. The lowest BCUT2D eigenvalue weighted by atomic mass is 10.0. The quantitative estimate of drug-likeness (QED) is 0.425. The van der Waals surface area contributed by atoms with Crippen LogP contribution in [-0.2, 0) is 6.42 Å². The van der Waals surface area contributed by atoms with Crippen LogP contribution in [0.15, 0.2) is 48.5 Å². The summed E-state index contributed by atoms with van der Waals surface area (Å²) in [5.74, 6) is 2.66. The number of aryl methyl sites for hydroxylation is 3. The van der Waals surface area contributed by atoms with Crippen LogP contribution >= 0.6 is 0 Å². The molecule has 0 unspecified atom stereocenters. The molecule has 0 spiro atoms. The molecule has 6 heteroatoms. The van der Waals surface area contributed by atoms with Crippen molar-refractivity contribution in [3.8, 4) is 5.75 Å². The monoisotopic (exact) mass is 472 g/mol. The normalized spacial score (nSPS) is 13.7. The van der Waals surface area contributed by atoms with E-state index in [0.29, 0.717) is 25.3 Å². The summed E-state index contributed by atoms with van der Waals surface area (Å²) in [6.07, 6.45) is 2.93. The number of anilines is 1. The third-order valence-electron chi connectivity index (χ3n) is 6.54. The average Bonchev–Trinajstić information content (AvgIpc) is 2.87.